The Morgan fingerprint density at radius 1 is 1.27 bits per heavy atom. The number of ketones is 1. The average molecular weight is 210 g/mol. The van der Waals surface area contributed by atoms with Gasteiger partial charge in [-0.15, -0.1) is 0 Å². The van der Waals surface area contributed by atoms with E-state index < -0.39 is 0 Å². The molecule has 2 rings (SSSR count). The number of piperazine rings is 1. The molecule has 2 fully saturated rings. The Bertz CT molecular complexity index is 230. The van der Waals surface area contributed by atoms with Crippen LogP contribution in [0, 0.1) is 0 Å². The number of nitrogens with zero attached hydrogens (tertiary/aromatic N) is 2. The van der Waals surface area contributed by atoms with E-state index in [0.29, 0.717) is 5.78 Å². The summed E-state index contributed by atoms with van der Waals surface area (Å²) < 4.78 is 0. The molecular weight excluding hydrogens is 188 g/mol. The van der Waals surface area contributed by atoms with Crippen molar-refractivity contribution in [3.05, 3.63) is 0 Å². The highest BCUT2D eigenvalue weighted by atomic mass is 16.1. The van der Waals surface area contributed by atoms with E-state index >= 15 is 0 Å². The van der Waals surface area contributed by atoms with Gasteiger partial charge < -0.3 is 4.90 Å². The Balaban J connectivity index is 1.78. The number of piperidine rings is 1. The van der Waals surface area contributed by atoms with E-state index in [1.807, 2.05) is 0 Å². The molecule has 0 aromatic carbocycles. The zero-order valence-electron chi connectivity index (χ0n) is 9.74. The molecule has 0 aromatic rings. The van der Waals surface area contributed by atoms with Gasteiger partial charge in [0.25, 0.3) is 0 Å². The van der Waals surface area contributed by atoms with E-state index in [1.165, 1.54) is 38.9 Å². The Labute approximate surface area is 92.4 Å². The van der Waals surface area contributed by atoms with Crippen LogP contribution in [0.5, 0.6) is 0 Å². The first-order valence-electron chi connectivity index (χ1n) is 6.21. The number of hydrogen-bond donors (Lipinski definition) is 0. The van der Waals surface area contributed by atoms with Crippen LogP contribution in [0.2, 0.25) is 0 Å². The van der Waals surface area contributed by atoms with Crippen molar-refractivity contribution in [2.75, 3.05) is 32.7 Å². The third kappa shape index (κ3) is 3.02. The lowest BCUT2D eigenvalue weighted by atomic mass is 9.99. The Morgan fingerprint density at radius 3 is 2.93 bits per heavy atom. The minimum Gasteiger partial charge on any atom is -0.300 e. The molecular formula is C12H22N2O. The third-order valence-electron chi connectivity index (χ3n) is 3.70. The fourth-order valence-electron chi connectivity index (χ4n) is 2.74. The van der Waals surface area contributed by atoms with Gasteiger partial charge in [-0.3, -0.25) is 9.69 Å². The van der Waals surface area contributed by atoms with Gasteiger partial charge in [0.2, 0.25) is 0 Å². The average Bonchev–Trinajstić information content (AvgIpc) is 2.26. The lowest BCUT2D eigenvalue weighted by molar-refractivity contribution is -0.117. The van der Waals surface area contributed by atoms with Crippen LogP contribution < -0.4 is 0 Å². The van der Waals surface area contributed by atoms with Gasteiger partial charge in [0.1, 0.15) is 5.78 Å². The fourth-order valence-corrected chi connectivity index (χ4v) is 2.74. The summed E-state index contributed by atoms with van der Waals surface area (Å²) in [4.78, 5) is 16.0. The smallest absolute Gasteiger partial charge is 0.131 e. The van der Waals surface area contributed by atoms with Crippen molar-refractivity contribution in [3.8, 4) is 0 Å². The highest BCUT2D eigenvalue weighted by molar-refractivity contribution is 5.75. The van der Waals surface area contributed by atoms with Crippen LogP contribution in [0.3, 0.4) is 0 Å². The van der Waals surface area contributed by atoms with Gasteiger partial charge in [-0.2, -0.15) is 0 Å². The second kappa shape index (κ2) is 5.08. The summed E-state index contributed by atoms with van der Waals surface area (Å²) in [7, 11) is 0. The monoisotopic (exact) mass is 210 g/mol. The van der Waals surface area contributed by atoms with Crippen LogP contribution in [-0.4, -0.2) is 54.3 Å². The van der Waals surface area contributed by atoms with Gasteiger partial charge in [0, 0.05) is 38.6 Å². The summed E-state index contributed by atoms with van der Waals surface area (Å²) in [5, 5.41) is 0. The maximum absolute atomic E-state index is 10.9. The van der Waals surface area contributed by atoms with Gasteiger partial charge in [-0.05, 0) is 26.3 Å². The topological polar surface area (TPSA) is 23.6 Å². The van der Waals surface area contributed by atoms with E-state index in [9.17, 15) is 4.79 Å². The van der Waals surface area contributed by atoms with Crippen LogP contribution in [0.15, 0.2) is 0 Å². The minimum absolute atomic E-state index is 0.320. The summed E-state index contributed by atoms with van der Waals surface area (Å²) in [6.07, 6.45) is 4.86. The van der Waals surface area contributed by atoms with Gasteiger partial charge >= 0.3 is 0 Å². The lowest BCUT2D eigenvalue weighted by Gasteiger charge is -2.44. The highest BCUT2D eigenvalue weighted by Gasteiger charge is 2.28. The predicted octanol–water partition coefficient (Wildman–Crippen LogP) is 1.14. The molecule has 0 amide bonds. The summed E-state index contributed by atoms with van der Waals surface area (Å²) in [6, 6.07) is 0.777. The van der Waals surface area contributed by atoms with E-state index in [1.54, 1.807) is 6.92 Å². The molecule has 2 aliphatic heterocycles. The zero-order valence-corrected chi connectivity index (χ0v) is 9.74. The molecule has 2 aliphatic rings. The molecule has 2 heterocycles. The number of carbonyl (C=O) groups is 1. The van der Waals surface area contributed by atoms with E-state index in [-0.39, 0.29) is 0 Å². The maximum Gasteiger partial charge on any atom is 0.131 e. The van der Waals surface area contributed by atoms with Crippen molar-refractivity contribution in [1.29, 1.82) is 0 Å². The molecule has 0 spiro atoms. The van der Waals surface area contributed by atoms with Crippen molar-refractivity contribution in [3.63, 3.8) is 0 Å². The first-order chi connectivity index (χ1) is 7.25. The summed E-state index contributed by atoms with van der Waals surface area (Å²) >= 11 is 0. The van der Waals surface area contributed by atoms with Crippen molar-refractivity contribution in [1.82, 2.24) is 9.80 Å². The Hall–Kier alpha value is -0.410. The predicted molar refractivity (Wildman–Crippen MR) is 61.0 cm³/mol. The Morgan fingerprint density at radius 2 is 2.13 bits per heavy atom. The molecule has 2 saturated heterocycles. The molecule has 0 aromatic heterocycles. The van der Waals surface area contributed by atoms with Crippen molar-refractivity contribution < 1.29 is 4.79 Å². The maximum atomic E-state index is 10.9. The quantitative estimate of drug-likeness (QED) is 0.698. The number of hydrogen-bond acceptors (Lipinski definition) is 3. The third-order valence-corrected chi connectivity index (χ3v) is 3.70. The van der Waals surface area contributed by atoms with Crippen molar-refractivity contribution >= 4 is 5.78 Å². The summed E-state index contributed by atoms with van der Waals surface area (Å²) in [5.41, 5.74) is 0. The van der Waals surface area contributed by atoms with Crippen LogP contribution in [0.25, 0.3) is 0 Å². The Kier molecular flexibility index (Phi) is 3.76. The van der Waals surface area contributed by atoms with Crippen LogP contribution >= 0.6 is 0 Å². The van der Waals surface area contributed by atoms with Gasteiger partial charge in [0.15, 0.2) is 0 Å². The lowest BCUT2D eigenvalue weighted by Crippen LogP contribution is -2.54. The minimum atomic E-state index is 0.320. The largest absolute Gasteiger partial charge is 0.300 e. The fraction of sp³-hybridized carbons (Fsp3) is 0.917. The molecule has 1 unspecified atom stereocenters. The zero-order chi connectivity index (χ0) is 10.7. The van der Waals surface area contributed by atoms with E-state index in [2.05, 4.69) is 9.80 Å². The van der Waals surface area contributed by atoms with Crippen LogP contribution in [0.1, 0.15) is 32.6 Å². The summed E-state index contributed by atoms with van der Waals surface area (Å²) in [5.74, 6) is 0.320. The first kappa shape index (κ1) is 11.1. The van der Waals surface area contributed by atoms with Gasteiger partial charge in [-0.25, -0.2) is 0 Å². The number of Topliss-reactive ketones (excluding diaryl/α,β-unsaturated/α-hetero) is 1. The van der Waals surface area contributed by atoms with E-state index in [0.717, 1.165) is 25.6 Å². The first-order valence-corrected chi connectivity index (χ1v) is 6.21. The molecule has 0 saturated carbocycles. The molecule has 3 heteroatoms. The molecule has 15 heavy (non-hydrogen) atoms. The summed E-state index contributed by atoms with van der Waals surface area (Å²) in [6.45, 7) is 7.52. The van der Waals surface area contributed by atoms with Crippen LogP contribution in [0.4, 0.5) is 0 Å². The number of carbonyl (C=O) groups excluding carboxylic acids is 1. The van der Waals surface area contributed by atoms with Crippen LogP contribution in [-0.2, 0) is 4.79 Å². The SMILES string of the molecule is CC(=O)CCN1CCN2CCCCC2C1. The van der Waals surface area contributed by atoms with Gasteiger partial charge in [0.05, 0.1) is 0 Å². The number of rotatable bonds is 3. The molecule has 1 atom stereocenters. The molecule has 0 N–H and O–H groups in total. The van der Waals surface area contributed by atoms with Gasteiger partial charge in [-0.1, -0.05) is 6.42 Å². The molecule has 3 nitrogen and oxygen atoms in total. The van der Waals surface area contributed by atoms with E-state index in [4.69, 9.17) is 0 Å². The molecule has 86 valence electrons. The molecule has 0 aliphatic carbocycles. The molecule has 0 bridgehead atoms. The normalized spacial score (nSPS) is 28.7. The second-order valence-electron chi connectivity index (χ2n) is 4.94. The highest BCUT2D eigenvalue weighted by Crippen LogP contribution is 2.20. The second-order valence-corrected chi connectivity index (χ2v) is 4.94. The van der Waals surface area contributed by atoms with Crippen molar-refractivity contribution in [2.45, 2.75) is 38.6 Å². The number of fused-ring (bicyclic) bond motifs is 1. The standard InChI is InChI=1S/C12H22N2O/c1-11(15)5-7-13-8-9-14-6-3-2-4-12(14)10-13/h12H,2-10H2,1H3. The van der Waals surface area contributed by atoms with Crippen molar-refractivity contribution in [2.24, 2.45) is 0 Å². The molecule has 0 radical (unpaired) electrons.